The predicted molar refractivity (Wildman–Crippen MR) is 216 cm³/mol. The molecule has 1 aromatic heterocycles. The number of aromatic nitrogens is 1. The quantitative estimate of drug-likeness (QED) is 0.103. The van der Waals surface area contributed by atoms with Crippen LogP contribution >= 0.6 is 0 Å². The number of hydrogen-bond acceptors (Lipinski definition) is 10. The average Bonchev–Trinajstić information content (AvgIpc) is 4.01. The fourth-order valence-electron chi connectivity index (χ4n) is 7.62. The second-order valence-electron chi connectivity index (χ2n) is 16.3. The van der Waals surface area contributed by atoms with Gasteiger partial charge in [-0.2, -0.15) is 0 Å². The largest absolute Gasteiger partial charge is 0.495 e. The molecule has 0 atom stereocenters. The molecule has 302 valence electrons. The summed E-state index contributed by atoms with van der Waals surface area (Å²) in [5.41, 5.74) is 1.11. The number of likely N-dealkylation sites (tertiary alicyclic amines) is 1. The van der Waals surface area contributed by atoms with Crippen molar-refractivity contribution < 1.29 is 37.7 Å². The molecule has 12 nitrogen and oxygen atoms in total. The number of amides is 2. The Bertz CT molecular complexity index is 2050. The van der Waals surface area contributed by atoms with Gasteiger partial charge in [0, 0.05) is 55.7 Å². The van der Waals surface area contributed by atoms with Crippen molar-refractivity contribution >= 4 is 45.7 Å². The van der Waals surface area contributed by atoms with Gasteiger partial charge in [0.05, 0.1) is 24.4 Å². The fraction of sp³-hybridized carbons (Fsp3) is 0.455. The first-order chi connectivity index (χ1) is 27.4. The molecule has 0 spiro atoms. The highest BCUT2D eigenvalue weighted by molar-refractivity contribution is 6.16. The van der Waals surface area contributed by atoms with Crippen LogP contribution < -0.4 is 25.0 Å². The van der Waals surface area contributed by atoms with Crippen molar-refractivity contribution in [2.75, 3.05) is 62.0 Å². The van der Waals surface area contributed by atoms with E-state index in [4.69, 9.17) is 18.9 Å². The molecule has 13 heteroatoms. The molecule has 4 aromatic rings. The topological polar surface area (TPSA) is 132 Å². The van der Waals surface area contributed by atoms with Crippen molar-refractivity contribution in [2.45, 2.75) is 71.0 Å². The standard InChI is InChI=1S/C44H52FN5O7/c1-43(2,3)57-40(51)28-55-33-16-21-49(22-17-33)27-29-14-23-50(24-15-29)37-26-36-35(25-39(37)54-4)38(13-20-46-36)56-34-11-9-32(10-12-34)48-42(53)44(18-19-44)41(52)47-31-7-5-30(45)6-8-31/h5-13,20,25-26,29,33H,14-19,21-24,27-28H2,1-4H3,(H,47,52)(H,48,53). The van der Waals surface area contributed by atoms with Crippen LogP contribution in [0.25, 0.3) is 10.9 Å². The van der Waals surface area contributed by atoms with Gasteiger partial charge in [0.15, 0.2) is 0 Å². The van der Waals surface area contributed by atoms with E-state index in [-0.39, 0.29) is 24.6 Å². The molecule has 7 rings (SSSR count). The number of ether oxygens (including phenoxy) is 4. The second kappa shape index (κ2) is 17.1. The summed E-state index contributed by atoms with van der Waals surface area (Å²) in [4.78, 5) is 47.8. The lowest BCUT2D eigenvalue weighted by Gasteiger charge is -2.38. The van der Waals surface area contributed by atoms with Gasteiger partial charge in [-0.25, -0.2) is 9.18 Å². The lowest BCUT2D eigenvalue weighted by Crippen LogP contribution is -2.43. The number of piperidine rings is 2. The molecule has 0 radical (unpaired) electrons. The van der Waals surface area contributed by atoms with Gasteiger partial charge in [0.1, 0.15) is 40.7 Å². The van der Waals surface area contributed by atoms with E-state index < -0.39 is 22.7 Å². The molecule has 1 saturated carbocycles. The number of methoxy groups -OCH3 is 1. The lowest BCUT2D eigenvalue weighted by molar-refractivity contribution is -0.163. The third-order valence-electron chi connectivity index (χ3n) is 10.9. The zero-order valence-corrected chi connectivity index (χ0v) is 33.1. The zero-order valence-electron chi connectivity index (χ0n) is 33.1. The number of anilines is 3. The summed E-state index contributed by atoms with van der Waals surface area (Å²) in [5.74, 6) is 1.03. The van der Waals surface area contributed by atoms with E-state index in [1.807, 2.05) is 32.9 Å². The molecule has 2 N–H and O–H groups in total. The maximum absolute atomic E-state index is 13.3. The van der Waals surface area contributed by atoms with Gasteiger partial charge in [-0.3, -0.25) is 14.6 Å². The summed E-state index contributed by atoms with van der Waals surface area (Å²) in [6.45, 7) is 10.4. The Hall–Kier alpha value is -5.27. The monoisotopic (exact) mass is 781 g/mol. The van der Waals surface area contributed by atoms with E-state index >= 15 is 0 Å². The molecule has 57 heavy (non-hydrogen) atoms. The number of pyridine rings is 1. The lowest BCUT2D eigenvalue weighted by atomic mass is 9.94. The normalized spacial score (nSPS) is 17.5. The number of nitrogens with zero attached hydrogens (tertiary/aromatic N) is 3. The number of hydrogen-bond donors (Lipinski definition) is 2. The van der Waals surface area contributed by atoms with Gasteiger partial charge >= 0.3 is 5.97 Å². The molecule has 1 aliphatic carbocycles. The van der Waals surface area contributed by atoms with Crippen LogP contribution in [0.4, 0.5) is 21.5 Å². The van der Waals surface area contributed by atoms with Crippen molar-refractivity contribution in [3.05, 3.63) is 78.7 Å². The molecule has 0 unspecified atom stereocenters. The Morgan fingerprint density at radius 2 is 1.47 bits per heavy atom. The highest BCUT2D eigenvalue weighted by atomic mass is 19.1. The Labute approximate surface area is 333 Å². The van der Waals surface area contributed by atoms with Gasteiger partial charge in [-0.05, 0) is 132 Å². The molecule has 3 fully saturated rings. The fourth-order valence-corrected chi connectivity index (χ4v) is 7.62. The molecular formula is C44H52FN5O7. The molecule has 3 heterocycles. The maximum Gasteiger partial charge on any atom is 0.332 e. The molecule has 2 aliphatic heterocycles. The van der Waals surface area contributed by atoms with Gasteiger partial charge in [0.25, 0.3) is 0 Å². The van der Waals surface area contributed by atoms with Crippen molar-refractivity contribution in [1.82, 2.24) is 9.88 Å². The van der Waals surface area contributed by atoms with Crippen molar-refractivity contribution in [2.24, 2.45) is 11.3 Å². The van der Waals surface area contributed by atoms with E-state index in [0.717, 1.165) is 80.7 Å². The SMILES string of the molecule is COc1cc2c(Oc3ccc(NC(=O)C4(C(=O)Nc5ccc(F)cc5)CC4)cc3)ccnc2cc1N1CCC(CN2CCC(OCC(=O)OC(C)(C)C)CC2)CC1. The molecular weight excluding hydrogens is 730 g/mol. The van der Waals surface area contributed by atoms with Crippen LogP contribution in [0.3, 0.4) is 0 Å². The van der Waals surface area contributed by atoms with Crippen LogP contribution in [-0.4, -0.2) is 85.8 Å². The molecule has 2 amide bonds. The molecule has 3 aliphatic rings. The van der Waals surface area contributed by atoms with E-state index in [1.165, 1.54) is 24.3 Å². The van der Waals surface area contributed by atoms with Crippen molar-refractivity contribution in [3.8, 4) is 17.2 Å². The van der Waals surface area contributed by atoms with Crippen molar-refractivity contribution in [3.63, 3.8) is 0 Å². The summed E-state index contributed by atoms with van der Waals surface area (Å²) in [6, 6.07) is 18.3. The number of carbonyl (C=O) groups is 3. The minimum atomic E-state index is -1.16. The number of nitrogens with one attached hydrogen (secondary N) is 2. The third-order valence-corrected chi connectivity index (χ3v) is 10.9. The number of rotatable bonds is 13. The van der Waals surface area contributed by atoms with Gasteiger partial charge in [-0.1, -0.05) is 0 Å². The van der Waals surface area contributed by atoms with E-state index in [9.17, 15) is 18.8 Å². The number of esters is 1. The van der Waals surface area contributed by atoms with Crippen LogP contribution in [-0.2, 0) is 23.9 Å². The molecule has 3 aromatic carbocycles. The molecule has 0 bridgehead atoms. The molecule has 2 saturated heterocycles. The maximum atomic E-state index is 13.3. The minimum absolute atomic E-state index is 0.00695. The summed E-state index contributed by atoms with van der Waals surface area (Å²) < 4.78 is 36.7. The second-order valence-corrected chi connectivity index (χ2v) is 16.3. The van der Waals surface area contributed by atoms with E-state index in [0.29, 0.717) is 41.6 Å². The Balaban J connectivity index is 0.907. The van der Waals surface area contributed by atoms with Crippen LogP contribution in [0.1, 0.15) is 59.3 Å². The van der Waals surface area contributed by atoms with Gasteiger partial charge in [-0.15, -0.1) is 0 Å². The highest BCUT2D eigenvalue weighted by Crippen LogP contribution is 2.48. The first kappa shape index (κ1) is 39.9. The van der Waals surface area contributed by atoms with E-state index in [1.54, 1.807) is 37.6 Å². The van der Waals surface area contributed by atoms with Crippen LogP contribution in [0.5, 0.6) is 17.2 Å². The zero-order chi connectivity index (χ0) is 40.2. The predicted octanol–water partition coefficient (Wildman–Crippen LogP) is 7.57. The number of fused-ring (bicyclic) bond motifs is 1. The highest BCUT2D eigenvalue weighted by Gasteiger charge is 2.56. The van der Waals surface area contributed by atoms with Crippen LogP contribution in [0, 0.1) is 17.2 Å². The summed E-state index contributed by atoms with van der Waals surface area (Å²) in [5, 5.41) is 6.40. The summed E-state index contributed by atoms with van der Waals surface area (Å²) in [6.07, 6.45) is 6.68. The van der Waals surface area contributed by atoms with Crippen LogP contribution in [0.2, 0.25) is 0 Å². The summed E-state index contributed by atoms with van der Waals surface area (Å²) >= 11 is 0. The number of carbonyl (C=O) groups excluding carboxylic acids is 3. The Morgan fingerprint density at radius 3 is 2.07 bits per heavy atom. The first-order valence-corrected chi connectivity index (χ1v) is 19.8. The number of halogens is 1. The Morgan fingerprint density at radius 1 is 0.842 bits per heavy atom. The third kappa shape index (κ3) is 10.0. The van der Waals surface area contributed by atoms with Gasteiger partial charge in [0.2, 0.25) is 11.8 Å². The average molecular weight is 782 g/mol. The summed E-state index contributed by atoms with van der Waals surface area (Å²) in [7, 11) is 1.68. The minimum Gasteiger partial charge on any atom is -0.495 e. The smallest absolute Gasteiger partial charge is 0.332 e. The number of benzene rings is 3. The Kier molecular flexibility index (Phi) is 12.0. The van der Waals surface area contributed by atoms with E-state index in [2.05, 4.69) is 31.5 Å². The van der Waals surface area contributed by atoms with Crippen molar-refractivity contribution in [1.29, 1.82) is 0 Å². The van der Waals surface area contributed by atoms with Gasteiger partial charge < -0.3 is 39.4 Å². The first-order valence-electron chi connectivity index (χ1n) is 19.8. The van der Waals surface area contributed by atoms with Crippen LogP contribution in [0.15, 0.2) is 72.9 Å².